The lowest BCUT2D eigenvalue weighted by atomic mass is 9.83. The lowest BCUT2D eigenvalue weighted by molar-refractivity contribution is 0.356. The number of allylic oxidation sites excluding steroid dienone is 5. The van der Waals surface area contributed by atoms with Crippen molar-refractivity contribution in [1.82, 2.24) is 35.5 Å². The van der Waals surface area contributed by atoms with Crippen LogP contribution in [0.5, 0.6) is 0 Å². The standard InChI is InChI=1S/C31H29N7/c1-4-20(15-24(5-2)34-19(3)21-7-6-8-21)23-9-10-27-25(16-23)30(38-37-27)31-35-28-18-33-17-26(29(28)36-31)22-11-13-32-14-12-22/h4-5,9-18,21,34H,2-3,6-8H2,1H3,(H,35,36)(H,37,38)/b20-4+,24-15+. The Morgan fingerprint density at radius 3 is 2.66 bits per heavy atom. The number of nitrogens with zero attached hydrogens (tertiary/aromatic N) is 4. The highest BCUT2D eigenvalue weighted by molar-refractivity contribution is 5.98. The van der Waals surface area contributed by atoms with E-state index in [-0.39, 0.29) is 0 Å². The number of rotatable bonds is 8. The van der Waals surface area contributed by atoms with Crippen molar-refractivity contribution in [3.63, 3.8) is 0 Å². The minimum absolute atomic E-state index is 0.551. The Balaban J connectivity index is 1.37. The van der Waals surface area contributed by atoms with Crippen molar-refractivity contribution in [1.29, 1.82) is 0 Å². The molecule has 7 heteroatoms. The molecule has 1 aliphatic rings. The van der Waals surface area contributed by atoms with Crippen LogP contribution in [0.1, 0.15) is 31.7 Å². The van der Waals surface area contributed by atoms with Crippen molar-refractivity contribution < 1.29 is 0 Å². The molecule has 0 amide bonds. The van der Waals surface area contributed by atoms with Gasteiger partial charge >= 0.3 is 0 Å². The molecular formula is C31H29N7. The van der Waals surface area contributed by atoms with E-state index in [0.29, 0.717) is 11.7 Å². The number of aromatic amines is 2. The summed E-state index contributed by atoms with van der Waals surface area (Å²) >= 11 is 0. The summed E-state index contributed by atoms with van der Waals surface area (Å²) in [6, 6.07) is 10.2. The topological polar surface area (TPSA) is 95.2 Å². The van der Waals surface area contributed by atoms with E-state index in [1.807, 2.05) is 31.3 Å². The summed E-state index contributed by atoms with van der Waals surface area (Å²) in [4.78, 5) is 16.9. The molecule has 0 aliphatic heterocycles. The summed E-state index contributed by atoms with van der Waals surface area (Å²) in [5.74, 6) is 1.24. The summed E-state index contributed by atoms with van der Waals surface area (Å²) < 4.78 is 0. The van der Waals surface area contributed by atoms with Gasteiger partial charge in [0.05, 0.1) is 22.7 Å². The van der Waals surface area contributed by atoms with Crippen LogP contribution in [-0.4, -0.2) is 30.1 Å². The maximum atomic E-state index is 4.94. The van der Waals surface area contributed by atoms with Gasteiger partial charge in [0.25, 0.3) is 0 Å². The number of pyridine rings is 2. The van der Waals surface area contributed by atoms with Gasteiger partial charge in [0.15, 0.2) is 5.82 Å². The average Bonchev–Trinajstić information content (AvgIpc) is 3.54. The molecule has 0 bridgehead atoms. The van der Waals surface area contributed by atoms with E-state index in [0.717, 1.165) is 61.3 Å². The molecule has 4 heterocycles. The molecule has 1 saturated carbocycles. The van der Waals surface area contributed by atoms with Gasteiger partial charge < -0.3 is 10.3 Å². The van der Waals surface area contributed by atoms with Crippen molar-refractivity contribution >= 4 is 27.5 Å². The third kappa shape index (κ3) is 4.32. The van der Waals surface area contributed by atoms with Gasteiger partial charge in [-0.3, -0.25) is 15.1 Å². The van der Waals surface area contributed by atoms with Gasteiger partial charge in [-0.25, -0.2) is 4.98 Å². The number of hydrogen-bond donors (Lipinski definition) is 3. The first-order valence-corrected chi connectivity index (χ1v) is 12.8. The van der Waals surface area contributed by atoms with Crippen LogP contribution in [0.25, 0.3) is 50.2 Å². The minimum Gasteiger partial charge on any atom is -0.359 e. The average molecular weight is 500 g/mol. The zero-order valence-corrected chi connectivity index (χ0v) is 21.3. The molecule has 1 fully saturated rings. The SMILES string of the molecule is C=C/C(=C\C(=C/C)c1ccc2[nH]nc(-c3nc4c(-c5ccncc5)cncc4[nH]3)c2c1)NC(=C)C1CCC1. The van der Waals surface area contributed by atoms with Crippen LogP contribution in [0.2, 0.25) is 0 Å². The predicted octanol–water partition coefficient (Wildman–Crippen LogP) is 6.94. The molecule has 0 radical (unpaired) electrons. The first kappa shape index (κ1) is 23.6. The Morgan fingerprint density at radius 2 is 1.92 bits per heavy atom. The summed E-state index contributed by atoms with van der Waals surface area (Å²) in [6.07, 6.45) is 16.9. The highest BCUT2D eigenvalue weighted by Crippen LogP contribution is 2.33. The van der Waals surface area contributed by atoms with Crippen molar-refractivity contribution in [2.24, 2.45) is 5.92 Å². The summed E-state index contributed by atoms with van der Waals surface area (Å²) in [5, 5.41) is 12.2. The molecule has 38 heavy (non-hydrogen) atoms. The van der Waals surface area contributed by atoms with E-state index in [2.05, 4.69) is 74.0 Å². The Hall–Kier alpha value is -4.78. The zero-order chi connectivity index (χ0) is 26.1. The summed E-state index contributed by atoms with van der Waals surface area (Å²) in [6.45, 7) is 10.3. The van der Waals surface area contributed by atoms with E-state index in [1.165, 1.54) is 19.3 Å². The number of hydrogen-bond acceptors (Lipinski definition) is 5. The van der Waals surface area contributed by atoms with Crippen LogP contribution in [0.15, 0.2) is 97.9 Å². The van der Waals surface area contributed by atoms with Crippen LogP contribution in [0, 0.1) is 5.92 Å². The number of imidazole rings is 1. The molecule has 1 aromatic carbocycles. The normalized spacial score (nSPS) is 14.6. The Labute approximate surface area is 221 Å². The predicted molar refractivity (Wildman–Crippen MR) is 154 cm³/mol. The molecule has 5 aromatic rings. The second-order valence-electron chi connectivity index (χ2n) is 9.56. The number of H-pyrrole nitrogens is 2. The lowest BCUT2D eigenvalue weighted by Crippen LogP contribution is -2.23. The number of nitrogens with one attached hydrogen (secondary N) is 3. The second-order valence-corrected chi connectivity index (χ2v) is 9.56. The molecule has 7 nitrogen and oxygen atoms in total. The monoisotopic (exact) mass is 499 g/mol. The smallest absolute Gasteiger partial charge is 0.159 e. The van der Waals surface area contributed by atoms with Gasteiger partial charge in [-0.1, -0.05) is 31.7 Å². The molecule has 0 atom stereocenters. The minimum atomic E-state index is 0.551. The molecule has 0 saturated heterocycles. The Morgan fingerprint density at radius 1 is 1.08 bits per heavy atom. The quantitative estimate of drug-likeness (QED) is 0.201. The Kier molecular flexibility index (Phi) is 6.17. The summed E-state index contributed by atoms with van der Waals surface area (Å²) in [5.41, 5.74) is 9.53. The zero-order valence-electron chi connectivity index (χ0n) is 21.3. The highest BCUT2D eigenvalue weighted by atomic mass is 15.1. The fourth-order valence-corrected chi connectivity index (χ4v) is 4.85. The molecule has 4 aromatic heterocycles. The third-order valence-corrected chi connectivity index (χ3v) is 7.25. The van der Waals surface area contributed by atoms with Crippen molar-refractivity contribution in [3.05, 3.63) is 103 Å². The lowest BCUT2D eigenvalue weighted by Gasteiger charge is -2.28. The van der Waals surface area contributed by atoms with E-state index < -0.39 is 0 Å². The van der Waals surface area contributed by atoms with Crippen LogP contribution >= 0.6 is 0 Å². The highest BCUT2D eigenvalue weighted by Gasteiger charge is 2.21. The number of aromatic nitrogens is 6. The van der Waals surface area contributed by atoms with Crippen LogP contribution in [-0.2, 0) is 0 Å². The Bertz CT molecular complexity index is 1720. The first-order valence-electron chi connectivity index (χ1n) is 12.8. The molecule has 3 N–H and O–H groups in total. The molecular weight excluding hydrogens is 470 g/mol. The fraction of sp³-hybridized carbons (Fsp3) is 0.161. The van der Waals surface area contributed by atoms with Crippen LogP contribution in [0.4, 0.5) is 0 Å². The maximum Gasteiger partial charge on any atom is 0.159 e. The fourth-order valence-electron chi connectivity index (χ4n) is 4.85. The molecule has 1 aliphatic carbocycles. The van der Waals surface area contributed by atoms with Gasteiger partial charge in [0, 0.05) is 40.9 Å². The molecule has 188 valence electrons. The van der Waals surface area contributed by atoms with E-state index >= 15 is 0 Å². The maximum absolute atomic E-state index is 4.94. The molecule has 6 rings (SSSR count). The van der Waals surface area contributed by atoms with Crippen molar-refractivity contribution in [2.75, 3.05) is 0 Å². The number of fused-ring (bicyclic) bond motifs is 2. The van der Waals surface area contributed by atoms with Crippen molar-refractivity contribution in [3.8, 4) is 22.6 Å². The third-order valence-electron chi connectivity index (χ3n) is 7.25. The van der Waals surface area contributed by atoms with E-state index in [1.54, 1.807) is 18.6 Å². The van der Waals surface area contributed by atoms with Gasteiger partial charge in [-0.2, -0.15) is 5.10 Å². The molecule has 0 spiro atoms. The number of benzene rings is 1. The van der Waals surface area contributed by atoms with Crippen LogP contribution in [0.3, 0.4) is 0 Å². The largest absolute Gasteiger partial charge is 0.359 e. The van der Waals surface area contributed by atoms with Crippen LogP contribution < -0.4 is 5.32 Å². The van der Waals surface area contributed by atoms with E-state index in [4.69, 9.17) is 4.98 Å². The van der Waals surface area contributed by atoms with E-state index in [9.17, 15) is 0 Å². The van der Waals surface area contributed by atoms with Gasteiger partial charge in [0.1, 0.15) is 5.69 Å². The summed E-state index contributed by atoms with van der Waals surface area (Å²) in [7, 11) is 0. The van der Waals surface area contributed by atoms with Crippen molar-refractivity contribution in [2.45, 2.75) is 26.2 Å². The van der Waals surface area contributed by atoms with Gasteiger partial charge in [-0.05, 0) is 78.8 Å². The molecule has 0 unspecified atom stereocenters. The first-order chi connectivity index (χ1) is 18.6. The van der Waals surface area contributed by atoms with Gasteiger partial charge in [-0.15, -0.1) is 0 Å². The second kappa shape index (κ2) is 9.94. The van der Waals surface area contributed by atoms with Gasteiger partial charge in [0.2, 0.25) is 0 Å².